The van der Waals surface area contributed by atoms with Crippen LogP contribution in [0.25, 0.3) is 0 Å². The molecule has 1 rings (SSSR count). The van der Waals surface area contributed by atoms with Crippen LogP contribution in [0.2, 0.25) is 0 Å². The average Bonchev–Trinajstić information content (AvgIpc) is 2.36. The van der Waals surface area contributed by atoms with Gasteiger partial charge in [-0.05, 0) is 24.1 Å². The van der Waals surface area contributed by atoms with Crippen molar-refractivity contribution in [1.29, 1.82) is 0 Å². The first kappa shape index (κ1) is 13.4. The monoisotopic (exact) mass is 236 g/mol. The molecular weight excluding hydrogens is 216 g/mol. The molecule has 5 heteroatoms. The smallest absolute Gasteiger partial charge is 0.269 e. The van der Waals surface area contributed by atoms with Crippen molar-refractivity contribution in [3.05, 3.63) is 24.0 Å². The van der Waals surface area contributed by atoms with Crippen LogP contribution in [0, 0.1) is 5.41 Å². The highest BCUT2D eigenvalue weighted by molar-refractivity contribution is 5.92. The molecule has 0 aliphatic rings. The van der Waals surface area contributed by atoms with E-state index in [9.17, 15) is 4.79 Å². The van der Waals surface area contributed by atoms with Gasteiger partial charge >= 0.3 is 0 Å². The molecule has 0 radical (unpaired) electrons. The van der Waals surface area contributed by atoms with E-state index in [4.69, 9.17) is 5.73 Å². The van der Waals surface area contributed by atoms with Gasteiger partial charge in [0.05, 0.1) is 0 Å². The summed E-state index contributed by atoms with van der Waals surface area (Å²) < 4.78 is 0. The van der Waals surface area contributed by atoms with Gasteiger partial charge < -0.3 is 16.4 Å². The summed E-state index contributed by atoms with van der Waals surface area (Å²) >= 11 is 0. The van der Waals surface area contributed by atoms with E-state index in [0.717, 1.165) is 12.2 Å². The number of carbonyl (C=O) groups is 1. The van der Waals surface area contributed by atoms with E-state index < -0.39 is 0 Å². The second-order valence-electron chi connectivity index (χ2n) is 4.73. The summed E-state index contributed by atoms with van der Waals surface area (Å²) in [5, 5.41) is 5.80. The van der Waals surface area contributed by atoms with Crippen LogP contribution in [-0.2, 0) is 0 Å². The summed E-state index contributed by atoms with van der Waals surface area (Å²) in [4.78, 5) is 15.4. The second-order valence-corrected chi connectivity index (χ2v) is 4.73. The molecule has 0 saturated carbocycles. The molecule has 0 fully saturated rings. The van der Waals surface area contributed by atoms with Crippen molar-refractivity contribution in [3.8, 4) is 0 Å². The number of hydrogen-bond donors (Lipinski definition) is 3. The average molecular weight is 236 g/mol. The number of nitrogens with one attached hydrogen (secondary N) is 2. The molecular formula is C12H20N4O. The number of amides is 1. The Balaban J connectivity index is 2.70. The van der Waals surface area contributed by atoms with Gasteiger partial charge in [0.1, 0.15) is 5.69 Å². The van der Waals surface area contributed by atoms with Crippen LogP contribution in [0.5, 0.6) is 0 Å². The molecule has 0 atom stereocenters. The zero-order valence-corrected chi connectivity index (χ0v) is 10.6. The summed E-state index contributed by atoms with van der Waals surface area (Å²) in [7, 11) is 1.58. The fraction of sp³-hybridized carbons (Fsp3) is 0.500. The van der Waals surface area contributed by atoms with E-state index >= 15 is 0 Å². The minimum atomic E-state index is -0.188. The van der Waals surface area contributed by atoms with Crippen molar-refractivity contribution < 1.29 is 4.79 Å². The van der Waals surface area contributed by atoms with Crippen LogP contribution in [0.15, 0.2) is 18.3 Å². The van der Waals surface area contributed by atoms with Crippen molar-refractivity contribution in [3.63, 3.8) is 0 Å². The van der Waals surface area contributed by atoms with Crippen LogP contribution in [0.1, 0.15) is 24.3 Å². The molecule has 0 aliphatic heterocycles. The summed E-state index contributed by atoms with van der Waals surface area (Å²) in [5.41, 5.74) is 6.96. The van der Waals surface area contributed by atoms with Crippen molar-refractivity contribution in [2.45, 2.75) is 13.8 Å². The van der Waals surface area contributed by atoms with Gasteiger partial charge in [-0.15, -0.1) is 0 Å². The van der Waals surface area contributed by atoms with E-state index in [-0.39, 0.29) is 11.3 Å². The maximum Gasteiger partial charge on any atom is 0.269 e. The Morgan fingerprint density at radius 3 is 2.82 bits per heavy atom. The maximum absolute atomic E-state index is 11.4. The number of nitrogens with two attached hydrogens (primary N) is 1. The molecule has 0 saturated heterocycles. The van der Waals surface area contributed by atoms with Crippen LogP contribution < -0.4 is 16.4 Å². The lowest BCUT2D eigenvalue weighted by atomic mass is 9.94. The highest BCUT2D eigenvalue weighted by Gasteiger charge is 2.15. The SMILES string of the molecule is CNC(=O)c1cc(NCC(C)(C)CN)ccn1. The van der Waals surface area contributed by atoms with Crippen molar-refractivity contribution in [2.24, 2.45) is 11.1 Å². The first-order chi connectivity index (χ1) is 7.98. The van der Waals surface area contributed by atoms with Crippen LogP contribution in [0.3, 0.4) is 0 Å². The van der Waals surface area contributed by atoms with Gasteiger partial charge in [-0.2, -0.15) is 0 Å². The van der Waals surface area contributed by atoms with E-state index in [1.165, 1.54) is 0 Å². The maximum atomic E-state index is 11.4. The molecule has 0 spiro atoms. The quantitative estimate of drug-likeness (QED) is 0.707. The Hall–Kier alpha value is -1.62. The van der Waals surface area contributed by atoms with Gasteiger partial charge in [-0.25, -0.2) is 0 Å². The number of pyridine rings is 1. The lowest BCUT2D eigenvalue weighted by molar-refractivity contribution is 0.0958. The van der Waals surface area contributed by atoms with Crippen LogP contribution >= 0.6 is 0 Å². The first-order valence-electron chi connectivity index (χ1n) is 5.60. The zero-order chi connectivity index (χ0) is 12.9. The third-order valence-electron chi connectivity index (χ3n) is 2.54. The minimum Gasteiger partial charge on any atom is -0.384 e. The number of anilines is 1. The predicted molar refractivity (Wildman–Crippen MR) is 69.0 cm³/mol. The van der Waals surface area contributed by atoms with Crippen molar-refractivity contribution >= 4 is 11.6 Å². The Labute approximate surface area is 102 Å². The molecule has 0 aliphatic carbocycles. The van der Waals surface area contributed by atoms with Crippen molar-refractivity contribution in [2.75, 3.05) is 25.5 Å². The summed E-state index contributed by atoms with van der Waals surface area (Å²) in [5.74, 6) is -0.188. The molecule has 1 aromatic heterocycles. The Kier molecular flexibility index (Phi) is 4.45. The number of nitrogens with zero attached hydrogens (tertiary/aromatic N) is 1. The van der Waals surface area contributed by atoms with E-state index in [1.807, 2.05) is 6.07 Å². The van der Waals surface area contributed by atoms with Gasteiger partial charge in [-0.3, -0.25) is 9.78 Å². The highest BCUT2D eigenvalue weighted by atomic mass is 16.1. The van der Waals surface area contributed by atoms with Crippen LogP contribution in [0.4, 0.5) is 5.69 Å². The van der Waals surface area contributed by atoms with E-state index in [0.29, 0.717) is 12.2 Å². The number of aromatic nitrogens is 1. The highest BCUT2D eigenvalue weighted by Crippen LogP contribution is 2.15. The fourth-order valence-corrected chi connectivity index (χ4v) is 1.21. The number of rotatable bonds is 5. The summed E-state index contributed by atoms with van der Waals surface area (Å²) in [6.07, 6.45) is 1.61. The molecule has 0 bridgehead atoms. The van der Waals surface area contributed by atoms with Gasteiger partial charge in [0.25, 0.3) is 5.91 Å². The number of carbonyl (C=O) groups excluding carboxylic acids is 1. The second kappa shape index (κ2) is 5.63. The van der Waals surface area contributed by atoms with E-state index in [2.05, 4.69) is 29.5 Å². The minimum absolute atomic E-state index is 0.0243. The molecule has 4 N–H and O–H groups in total. The third-order valence-corrected chi connectivity index (χ3v) is 2.54. The molecule has 1 amide bonds. The Morgan fingerprint density at radius 1 is 1.53 bits per heavy atom. The Morgan fingerprint density at radius 2 is 2.24 bits per heavy atom. The lowest BCUT2D eigenvalue weighted by Crippen LogP contribution is -2.31. The van der Waals surface area contributed by atoms with Gasteiger partial charge in [-0.1, -0.05) is 13.8 Å². The molecule has 0 aromatic carbocycles. The summed E-state index contributed by atoms with van der Waals surface area (Å²) in [6.45, 7) is 5.52. The van der Waals surface area contributed by atoms with E-state index in [1.54, 1.807) is 19.3 Å². The van der Waals surface area contributed by atoms with Crippen molar-refractivity contribution in [1.82, 2.24) is 10.3 Å². The van der Waals surface area contributed by atoms with Gasteiger partial charge in [0, 0.05) is 25.5 Å². The predicted octanol–water partition coefficient (Wildman–Crippen LogP) is 0.838. The molecule has 0 unspecified atom stereocenters. The fourth-order valence-electron chi connectivity index (χ4n) is 1.21. The topological polar surface area (TPSA) is 80.0 Å². The molecule has 17 heavy (non-hydrogen) atoms. The number of hydrogen-bond acceptors (Lipinski definition) is 4. The molecule has 5 nitrogen and oxygen atoms in total. The third kappa shape index (κ3) is 4.03. The first-order valence-corrected chi connectivity index (χ1v) is 5.60. The lowest BCUT2D eigenvalue weighted by Gasteiger charge is -2.23. The van der Waals surface area contributed by atoms with Crippen LogP contribution in [-0.4, -0.2) is 31.0 Å². The summed E-state index contributed by atoms with van der Waals surface area (Å²) in [6, 6.07) is 3.56. The Bertz CT molecular complexity index is 390. The normalized spacial score (nSPS) is 11.1. The van der Waals surface area contributed by atoms with Gasteiger partial charge in [0.2, 0.25) is 0 Å². The van der Waals surface area contributed by atoms with Gasteiger partial charge in [0.15, 0.2) is 0 Å². The zero-order valence-electron chi connectivity index (χ0n) is 10.6. The molecule has 1 heterocycles. The molecule has 94 valence electrons. The largest absolute Gasteiger partial charge is 0.384 e. The molecule has 1 aromatic rings. The standard InChI is InChI=1S/C12H20N4O/c1-12(2,7-13)8-16-9-4-5-15-10(6-9)11(17)14-3/h4-6H,7-8,13H2,1-3H3,(H,14,17)(H,15,16).